The van der Waals surface area contributed by atoms with Crippen molar-refractivity contribution in [1.82, 2.24) is 15.0 Å². The van der Waals surface area contributed by atoms with Gasteiger partial charge in [-0.3, -0.25) is 0 Å². The second-order valence-electron chi connectivity index (χ2n) is 6.57. The summed E-state index contributed by atoms with van der Waals surface area (Å²) < 4.78 is 27.5. The molecule has 0 bridgehead atoms. The van der Waals surface area contributed by atoms with Crippen molar-refractivity contribution >= 4 is 27.5 Å². The number of carboxylic acid groups (broad SMARTS) is 1. The minimum Gasteiger partial charge on any atom is -0.465 e. The molecule has 1 fully saturated rings. The predicted octanol–water partition coefficient (Wildman–Crippen LogP) is 3.40. The van der Waals surface area contributed by atoms with Gasteiger partial charge in [-0.15, -0.1) is 11.3 Å². The lowest BCUT2D eigenvalue weighted by molar-refractivity contribution is 0.185. The standard InChI is InChI=1S/C18H23N3O4S2/c1-2-19-27(24,25)16-6-4-3-5-14(16)15-11-26-17(21-15)12-7-9-13(10-8-12)20-18(22)23/h3-6,11-13,19-20H,2,7-10H2,1H3,(H,22,23). The number of benzene rings is 1. The van der Waals surface area contributed by atoms with Crippen LogP contribution in [0.4, 0.5) is 4.79 Å². The van der Waals surface area contributed by atoms with Crippen LogP contribution in [0.3, 0.4) is 0 Å². The maximum atomic E-state index is 12.5. The Morgan fingerprint density at radius 2 is 1.96 bits per heavy atom. The van der Waals surface area contributed by atoms with Crippen molar-refractivity contribution in [2.45, 2.75) is 49.5 Å². The SMILES string of the molecule is CCNS(=O)(=O)c1ccccc1-c1csc(C2CCC(NC(=O)O)CC2)n1. The fourth-order valence-electron chi connectivity index (χ4n) is 3.44. The van der Waals surface area contributed by atoms with E-state index < -0.39 is 16.1 Å². The summed E-state index contributed by atoms with van der Waals surface area (Å²) in [6.07, 6.45) is 2.34. The number of nitrogens with zero attached hydrogens (tertiary/aromatic N) is 1. The highest BCUT2D eigenvalue weighted by Crippen LogP contribution is 2.37. The van der Waals surface area contributed by atoms with Crippen molar-refractivity contribution in [2.24, 2.45) is 0 Å². The van der Waals surface area contributed by atoms with E-state index in [2.05, 4.69) is 10.0 Å². The first-order valence-electron chi connectivity index (χ1n) is 8.94. The maximum absolute atomic E-state index is 12.5. The highest BCUT2D eigenvalue weighted by molar-refractivity contribution is 7.89. The molecule has 9 heteroatoms. The topological polar surface area (TPSA) is 108 Å². The van der Waals surface area contributed by atoms with Gasteiger partial charge in [0.2, 0.25) is 10.0 Å². The Labute approximate surface area is 162 Å². The van der Waals surface area contributed by atoms with Gasteiger partial charge in [0.1, 0.15) is 0 Å². The van der Waals surface area contributed by atoms with Crippen LogP contribution in [-0.2, 0) is 10.0 Å². The van der Waals surface area contributed by atoms with E-state index in [9.17, 15) is 13.2 Å². The van der Waals surface area contributed by atoms with Gasteiger partial charge in [-0.2, -0.15) is 0 Å². The van der Waals surface area contributed by atoms with Crippen molar-refractivity contribution in [3.8, 4) is 11.3 Å². The molecule has 1 heterocycles. The summed E-state index contributed by atoms with van der Waals surface area (Å²) in [5.74, 6) is 0.285. The highest BCUT2D eigenvalue weighted by atomic mass is 32.2. The van der Waals surface area contributed by atoms with Crippen LogP contribution in [0.25, 0.3) is 11.3 Å². The Morgan fingerprint density at radius 1 is 1.26 bits per heavy atom. The first kappa shape index (κ1) is 19.8. The molecule has 1 aromatic carbocycles. The number of aromatic nitrogens is 1. The molecule has 0 radical (unpaired) electrons. The molecule has 0 unspecified atom stereocenters. The van der Waals surface area contributed by atoms with Gasteiger partial charge < -0.3 is 10.4 Å². The summed E-state index contributed by atoms with van der Waals surface area (Å²) in [6, 6.07) is 6.88. The second-order valence-corrected chi connectivity index (χ2v) is 9.19. The summed E-state index contributed by atoms with van der Waals surface area (Å²) in [5, 5.41) is 14.3. The second kappa shape index (κ2) is 8.37. The van der Waals surface area contributed by atoms with Gasteiger partial charge >= 0.3 is 6.09 Å². The number of hydrogen-bond donors (Lipinski definition) is 3. The lowest BCUT2D eigenvalue weighted by Crippen LogP contribution is -2.36. The van der Waals surface area contributed by atoms with Gasteiger partial charge in [-0.25, -0.2) is 22.9 Å². The zero-order chi connectivity index (χ0) is 19.4. The monoisotopic (exact) mass is 409 g/mol. The largest absolute Gasteiger partial charge is 0.465 e. The van der Waals surface area contributed by atoms with E-state index >= 15 is 0 Å². The van der Waals surface area contributed by atoms with Crippen molar-refractivity contribution in [3.63, 3.8) is 0 Å². The summed E-state index contributed by atoms with van der Waals surface area (Å²) in [6.45, 7) is 2.07. The molecular weight excluding hydrogens is 386 g/mol. The molecule has 3 rings (SSSR count). The molecule has 3 N–H and O–H groups in total. The van der Waals surface area contributed by atoms with Crippen LogP contribution in [0.2, 0.25) is 0 Å². The lowest BCUT2D eigenvalue weighted by Gasteiger charge is -2.27. The Hall–Kier alpha value is -1.97. The average molecular weight is 410 g/mol. The van der Waals surface area contributed by atoms with E-state index in [-0.39, 0.29) is 16.9 Å². The molecule has 1 amide bonds. The van der Waals surface area contributed by atoms with Crippen LogP contribution < -0.4 is 10.0 Å². The third-order valence-corrected chi connectivity index (χ3v) is 7.32. The predicted molar refractivity (Wildman–Crippen MR) is 105 cm³/mol. The third-order valence-electron chi connectivity index (χ3n) is 4.71. The number of carbonyl (C=O) groups is 1. The molecule has 1 aliphatic carbocycles. The number of rotatable bonds is 6. The average Bonchev–Trinajstić information content (AvgIpc) is 3.12. The zero-order valence-corrected chi connectivity index (χ0v) is 16.6. The van der Waals surface area contributed by atoms with E-state index in [1.807, 2.05) is 11.4 Å². The molecule has 0 aliphatic heterocycles. The summed E-state index contributed by atoms with van der Waals surface area (Å²) in [5.41, 5.74) is 1.26. The Morgan fingerprint density at radius 3 is 2.63 bits per heavy atom. The molecule has 0 atom stereocenters. The van der Waals surface area contributed by atoms with Gasteiger partial charge in [0, 0.05) is 29.4 Å². The van der Waals surface area contributed by atoms with E-state index in [0.717, 1.165) is 30.7 Å². The Bertz CT molecular complexity index is 903. The molecule has 146 valence electrons. The summed E-state index contributed by atoms with van der Waals surface area (Å²) in [4.78, 5) is 15.7. The molecule has 1 aliphatic rings. The molecular formula is C18H23N3O4S2. The van der Waals surface area contributed by atoms with Gasteiger partial charge in [0.05, 0.1) is 15.6 Å². The molecule has 2 aromatic rings. The van der Waals surface area contributed by atoms with Gasteiger partial charge in [-0.1, -0.05) is 25.1 Å². The zero-order valence-electron chi connectivity index (χ0n) is 15.0. The van der Waals surface area contributed by atoms with E-state index in [0.29, 0.717) is 17.8 Å². The Balaban J connectivity index is 1.79. The first-order chi connectivity index (χ1) is 12.9. The van der Waals surface area contributed by atoms with Crippen molar-refractivity contribution in [3.05, 3.63) is 34.7 Å². The number of sulfonamides is 1. The van der Waals surface area contributed by atoms with Crippen LogP contribution >= 0.6 is 11.3 Å². The maximum Gasteiger partial charge on any atom is 0.404 e. The van der Waals surface area contributed by atoms with Crippen LogP contribution in [0, 0.1) is 0 Å². The minimum atomic E-state index is -3.57. The minimum absolute atomic E-state index is 0.00386. The molecule has 1 saturated carbocycles. The van der Waals surface area contributed by atoms with Crippen LogP contribution in [0.1, 0.15) is 43.5 Å². The molecule has 0 spiro atoms. The fraction of sp³-hybridized carbons (Fsp3) is 0.444. The quantitative estimate of drug-likeness (QED) is 0.678. The van der Waals surface area contributed by atoms with Crippen molar-refractivity contribution < 1.29 is 18.3 Å². The van der Waals surface area contributed by atoms with Gasteiger partial charge in [-0.05, 0) is 31.7 Å². The van der Waals surface area contributed by atoms with E-state index in [4.69, 9.17) is 10.1 Å². The number of amides is 1. The third kappa shape index (κ3) is 4.66. The van der Waals surface area contributed by atoms with Crippen molar-refractivity contribution in [1.29, 1.82) is 0 Å². The number of hydrogen-bond acceptors (Lipinski definition) is 5. The first-order valence-corrected chi connectivity index (χ1v) is 11.3. The molecule has 7 nitrogen and oxygen atoms in total. The highest BCUT2D eigenvalue weighted by Gasteiger charge is 2.26. The number of nitrogens with one attached hydrogen (secondary N) is 2. The van der Waals surface area contributed by atoms with E-state index in [1.54, 1.807) is 25.1 Å². The number of thiazole rings is 1. The summed E-state index contributed by atoms with van der Waals surface area (Å²) >= 11 is 1.54. The molecule has 27 heavy (non-hydrogen) atoms. The van der Waals surface area contributed by atoms with Gasteiger partial charge in [0.25, 0.3) is 0 Å². The molecule has 0 saturated heterocycles. The van der Waals surface area contributed by atoms with Crippen LogP contribution in [0.5, 0.6) is 0 Å². The normalized spacial score (nSPS) is 20.3. The fourth-order valence-corrected chi connectivity index (χ4v) is 5.69. The van der Waals surface area contributed by atoms with Crippen molar-refractivity contribution in [2.75, 3.05) is 6.54 Å². The molecule has 1 aromatic heterocycles. The Kier molecular flexibility index (Phi) is 6.13. The summed E-state index contributed by atoms with van der Waals surface area (Å²) in [7, 11) is -3.57. The smallest absolute Gasteiger partial charge is 0.404 e. The van der Waals surface area contributed by atoms with Crippen LogP contribution in [0.15, 0.2) is 34.5 Å². The van der Waals surface area contributed by atoms with Gasteiger partial charge in [0.15, 0.2) is 0 Å². The van der Waals surface area contributed by atoms with E-state index in [1.165, 1.54) is 11.3 Å². The van der Waals surface area contributed by atoms with Crippen LogP contribution in [-0.4, -0.2) is 37.2 Å². The lowest BCUT2D eigenvalue weighted by atomic mass is 9.86.